The van der Waals surface area contributed by atoms with Crippen molar-refractivity contribution in [3.63, 3.8) is 0 Å². The highest BCUT2D eigenvalue weighted by Gasteiger charge is 2.22. The molecule has 138 valence electrons. The van der Waals surface area contributed by atoms with Crippen molar-refractivity contribution >= 4 is 29.4 Å². The molecule has 27 heavy (non-hydrogen) atoms. The standard InChI is InChI=1S/C21H21N3O3/c25-15-22-18-9-5-16(6-10-18)14-17-7-11-19(12-8-17)23-21(27)24-13-3-1-2-4-20(24)26/h5-12H,1-4,13-14H2,(H,23,27). The van der Waals surface area contributed by atoms with Crippen LogP contribution in [-0.4, -0.2) is 29.5 Å². The number of carbonyl (C=O) groups excluding carboxylic acids is 3. The van der Waals surface area contributed by atoms with Crippen LogP contribution in [-0.2, 0) is 16.0 Å². The molecule has 0 saturated carbocycles. The number of likely N-dealkylation sites (tertiary alicyclic amines) is 1. The minimum absolute atomic E-state index is 0.107. The van der Waals surface area contributed by atoms with Crippen LogP contribution in [0.25, 0.3) is 0 Å². The maximum Gasteiger partial charge on any atom is 0.328 e. The molecule has 0 aliphatic carbocycles. The van der Waals surface area contributed by atoms with Crippen LogP contribution in [0.15, 0.2) is 53.5 Å². The molecule has 3 rings (SSSR count). The third kappa shape index (κ3) is 5.12. The van der Waals surface area contributed by atoms with Gasteiger partial charge in [-0.2, -0.15) is 4.99 Å². The number of rotatable bonds is 4. The second-order valence-electron chi connectivity index (χ2n) is 6.53. The average molecular weight is 363 g/mol. The van der Waals surface area contributed by atoms with E-state index >= 15 is 0 Å². The number of hydrogen-bond acceptors (Lipinski definition) is 4. The third-order valence-electron chi connectivity index (χ3n) is 4.54. The van der Waals surface area contributed by atoms with Crippen LogP contribution in [0.5, 0.6) is 0 Å². The first kappa shape index (κ1) is 18.5. The molecular formula is C21H21N3O3. The number of imide groups is 1. The Morgan fingerprint density at radius 3 is 2.33 bits per heavy atom. The van der Waals surface area contributed by atoms with E-state index in [2.05, 4.69) is 10.3 Å². The lowest BCUT2D eigenvalue weighted by Crippen LogP contribution is -2.39. The van der Waals surface area contributed by atoms with Crippen molar-refractivity contribution in [1.29, 1.82) is 0 Å². The van der Waals surface area contributed by atoms with Crippen molar-refractivity contribution in [2.24, 2.45) is 4.99 Å². The molecule has 0 radical (unpaired) electrons. The number of aliphatic imine (C=N–C) groups is 1. The Balaban J connectivity index is 1.60. The maximum absolute atomic E-state index is 12.3. The fraction of sp³-hybridized carbons (Fsp3) is 0.286. The van der Waals surface area contributed by atoms with Gasteiger partial charge in [0, 0.05) is 18.7 Å². The Bertz CT molecular complexity index is 853. The molecule has 1 N–H and O–H groups in total. The van der Waals surface area contributed by atoms with Gasteiger partial charge in [0.25, 0.3) is 0 Å². The van der Waals surface area contributed by atoms with Gasteiger partial charge < -0.3 is 5.32 Å². The van der Waals surface area contributed by atoms with Gasteiger partial charge in [-0.15, -0.1) is 0 Å². The van der Waals surface area contributed by atoms with Crippen LogP contribution in [0.1, 0.15) is 36.8 Å². The highest BCUT2D eigenvalue weighted by Crippen LogP contribution is 2.18. The largest absolute Gasteiger partial charge is 0.328 e. The van der Waals surface area contributed by atoms with Crippen molar-refractivity contribution in [3.8, 4) is 0 Å². The van der Waals surface area contributed by atoms with Crippen molar-refractivity contribution in [3.05, 3.63) is 59.7 Å². The summed E-state index contributed by atoms with van der Waals surface area (Å²) in [5, 5.41) is 2.80. The number of nitrogens with one attached hydrogen (secondary N) is 1. The van der Waals surface area contributed by atoms with Crippen LogP contribution in [0, 0.1) is 0 Å². The van der Waals surface area contributed by atoms with Crippen molar-refractivity contribution in [2.75, 3.05) is 11.9 Å². The molecule has 0 aromatic heterocycles. The van der Waals surface area contributed by atoms with E-state index in [0.717, 1.165) is 36.8 Å². The summed E-state index contributed by atoms with van der Waals surface area (Å²) in [6.07, 6.45) is 5.36. The average Bonchev–Trinajstić information content (AvgIpc) is 2.89. The zero-order chi connectivity index (χ0) is 19.1. The lowest BCUT2D eigenvalue weighted by molar-refractivity contribution is -0.127. The lowest BCUT2D eigenvalue weighted by Gasteiger charge is -2.19. The molecule has 0 unspecified atom stereocenters. The number of amides is 3. The lowest BCUT2D eigenvalue weighted by atomic mass is 10.0. The fourth-order valence-corrected chi connectivity index (χ4v) is 3.07. The number of isocyanates is 1. The number of hydrogen-bond donors (Lipinski definition) is 1. The first-order valence-corrected chi connectivity index (χ1v) is 9.03. The minimum atomic E-state index is -0.360. The molecule has 6 nitrogen and oxygen atoms in total. The molecule has 1 fully saturated rings. The highest BCUT2D eigenvalue weighted by molar-refractivity contribution is 6.01. The van der Waals surface area contributed by atoms with Gasteiger partial charge in [0.15, 0.2) is 0 Å². The normalized spacial score (nSPS) is 14.2. The highest BCUT2D eigenvalue weighted by atomic mass is 16.2. The molecule has 0 bridgehead atoms. The summed E-state index contributed by atoms with van der Waals surface area (Å²) in [5.41, 5.74) is 3.42. The van der Waals surface area contributed by atoms with E-state index in [0.29, 0.717) is 24.3 Å². The molecule has 0 spiro atoms. The van der Waals surface area contributed by atoms with Crippen LogP contribution in [0.2, 0.25) is 0 Å². The van der Waals surface area contributed by atoms with Gasteiger partial charge in [0.1, 0.15) is 0 Å². The molecule has 1 saturated heterocycles. The summed E-state index contributed by atoms with van der Waals surface area (Å²) in [5.74, 6) is -0.107. The zero-order valence-electron chi connectivity index (χ0n) is 15.0. The molecule has 0 atom stereocenters. The van der Waals surface area contributed by atoms with Gasteiger partial charge in [-0.05, 0) is 54.7 Å². The Morgan fingerprint density at radius 2 is 1.67 bits per heavy atom. The molecule has 1 aliphatic rings. The van der Waals surface area contributed by atoms with E-state index in [-0.39, 0.29) is 11.9 Å². The molecule has 6 heteroatoms. The van der Waals surface area contributed by atoms with E-state index in [1.165, 1.54) is 11.0 Å². The second kappa shape index (κ2) is 8.92. The Kier molecular flexibility index (Phi) is 6.13. The molecule has 2 aromatic rings. The second-order valence-corrected chi connectivity index (χ2v) is 6.53. The van der Waals surface area contributed by atoms with E-state index in [1.54, 1.807) is 12.1 Å². The van der Waals surface area contributed by atoms with Gasteiger partial charge in [-0.1, -0.05) is 30.7 Å². The summed E-state index contributed by atoms with van der Waals surface area (Å²) >= 11 is 0. The summed E-state index contributed by atoms with van der Waals surface area (Å²) in [6.45, 7) is 0.479. The Hall–Kier alpha value is -3.24. The van der Waals surface area contributed by atoms with Crippen LogP contribution in [0.4, 0.5) is 16.2 Å². The first-order chi connectivity index (χ1) is 13.2. The van der Waals surface area contributed by atoms with E-state index in [9.17, 15) is 14.4 Å². The van der Waals surface area contributed by atoms with E-state index < -0.39 is 0 Å². The van der Waals surface area contributed by atoms with Gasteiger partial charge in [-0.3, -0.25) is 9.69 Å². The molecule has 3 amide bonds. The van der Waals surface area contributed by atoms with E-state index in [1.807, 2.05) is 36.4 Å². The monoisotopic (exact) mass is 363 g/mol. The summed E-state index contributed by atoms with van der Waals surface area (Å²) in [6, 6.07) is 14.6. The Labute approximate surface area is 157 Å². The Morgan fingerprint density at radius 1 is 1.00 bits per heavy atom. The van der Waals surface area contributed by atoms with Crippen LogP contribution >= 0.6 is 0 Å². The van der Waals surface area contributed by atoms with Crippen molar-refractivity contribution in [2.45, 2.75) is 32.1 Å². The van der Waals surface area contributed by atoms with E-state index in [4.69, 9.17) is 0 Å². The number of carbonyl (C=O) groups is 2. The van der Waals surface area contributed by atoms with Gasteiger partial charge in [0.05, 0.1) is 5.69 Å². The summed E-state index contributed by atoms with van der Waals surface area (Å²) < 4.78 is 0. The number of nitrogens with zero attached hydrogens (tertiary/aromatic N) is 2. The zero-order valence-corrected chi connectivity index (χ0v) is 15.0. The summed E-state index contributed by atoms with van der Waals surface area (Å²) in [7, 11) is 0. The van der Waals surface area contributed by atoms with Gasteiger partial charge >= 0.3 is 6.03 Å². The number of anilines is 1. The minimum Gasteiger partial charge on any atom is -0.307 e. The molecule has 2 aromatic carbocycles. The third-order valence-corrected chi connectivity index (χ3v) is 4.54. The van der Waals surface area contributed by atoms with Crippen molar-refractivity contribution < 1.29 is 14.4 Å². The predicted octanol–water partition coefficient (Wildman–Crippen LogP) is 4.18. The maximum atomic E-state index is 12.3. The van der Waals surface area contributed by atoms with Crippen LogP contribution in [0.3, 0.4) is 0 Å². The summed E-state index contributed by atoms with van der Waals surface area (Å²) in [4.78, 5) is 39.5. The molecular weight excluding hydrogens is 342 g/mol. The first-order valence-electron chi connectivity index (χ1n) is 9.03. The van der Waals surface area contributed by atoms with Gasteiger partial charge in [-0.25, -0.2) is 9.59 Å². The predicted molar refractivity (Wildman–Crippen MR) is 103 cm³/mol. The number of benzene rings is 2. The van der Waals surface area contributed by atoms with Crippen LogP contribution < -0.4 is 5.32 Å². The molecule has 1 aliphatic heterocycles. The van der Waals surface area contributed by atoms with Crippen molar-refractivity contribution in [1.82, 2.24) is 4.90 Å². The molecule has 1 heterocycles. The SMILES string of the molecule is O=C=Nc1ccc(Cc2ccc(NC(=O)N3CCCCCC3=O)cc2)cc1. The topological polar surface area (TPSA) is 78.8 Å². The smallest absolute Gasteiger partial charge is 0.307 e. The number of urea groups is 1. The fourth-order valence-electron chi connectivity index (χ4n) is 3.07. The van der Waals surface area contributed by atoms with Gasteiger partial charge in [0.2, 0.25) is 12.0 Å². The quantitative estimate of drug-likeness (QED) is 0.654.